The van der Waals surface area contributed by atoms with Gasteiger partial charge in [-0.25, -0.2) is 0 Å². The third-order valence-electron chi connectivity index (χ3n) is 3.53. The lowest BCUT2D eigenvalue weighted by molar-refractivity contribution is -0.141. The number of carboxylic acid groups (broad SMARTS) is 1. The second-order valence-electron chi connectivity index (χ2n) is 4.86. The first kappa shape index (κ1) is 13.7. The standard InChI is InChI=1S/C12H20N2O3S/c15-11(16)7-9-8-18-6-5-14(9)12(17)10-3-1-2-4-13-10/h9-10,13H,1-8H2,(H,15,16)/t9?,10-/m0/s1. The van der Waals surface area contributed by atoms with Crippen LogP contribution in [-0.4, -0.2) is 58.6 Å². The number of hydrogen-bond donors (Lipinski definition) is 2. The number of amides is 1. The molecule has 2 heterocycles. The fourth-order valence-corrected chi connectivity index (χ4v) is 3.64. The van der Waals surface area contributed by atoms with Crippen LogP contribution in [0.25, 0.3) is 0 Å². The van der Waals surface area contributed by atoms with Crippen molar-refractivity contribution in [2.75, 3.05) is 24.6 Å². The average Bonchev–Trinajstić information content (AvgIpc) is 2.39. The molecule has 2 aliphatic rings. The lowest BCUT2D eigenvalue weighted by atomic mass is 10.0. The van der Waals surface area contributed by atoms with E-state index < -0.39 is 5.97 Å². The van der Waals surface area contributed by atoms with Crippen molar-refractivity contribution in [3.63, 3.8) is 0 Å². The van der Waals surface area contributed by atoms with Gasteiger partial charge in [-0.1, -0.05) is 6.42 Å². The molecule has 2 aliphatic heterocycles. The van der Waals surface area contributed by atoms with Crippen LogP contribution in [0.1, 0.15) is 25.7 Å². The molecule has 0 aromatic rings. The van der Waals surface area contributed by atoms with Gasteiger partial charge >= 0.3 is 5.97 Å². The van der Waals surface area contributed by atoms with Crippen LogP contribution in [0.3, 0.4) is 0 Å². The Morgan fingerprint density at radius 2 is 2.22 bits per heavy atom. The van der Waals surface area contributed by atoms with Crippen molar-refractivity contribution in [1.29, 1.82) is 0 Å². The summed E-state index contributed by atoms with van der Waals surface area (Å²) in [7, 11) is 0. The van der Waals surface area contributed by atoms with Crippen molar-refractivity contribution in [2.24, 2.45) is 0 Å². The first-order valence-electron chi connectivity index (χ1n) is 6.52. The fraction of sp³-hybridized carbons (Fsp3) is 0.833. The summed E-state index contributed by atoms with van der Waals surface area (Å²) in [6, 6.07) is -0.240. The number of thioether (sulfide) groups is 1. The summed E-state index contributed by atoms with van der Waals surface area (Å²) >= 11 is 1.74. The Labute approximate surface area is 111 Å². The number of nitrogens with one attached hydrogen (secondary N) is 1. The molecule has 0 aromatic heterocycles. The first-order chi connectivity index (χ1) is 8.68. The van der Waals surface area contributed by atoms with E-state index >= 15 is 0 Å². The number of nitrogens with zero attached hydrogens (tertiary/aromatic N) is 1. The van der Waals surface area contributed by atoms with Crippen LogP contribution in [-0.2, 0) is 9.59 Å². The van der Waals surface area contributed by atoms with Gasteiger partial charge in [0.1, 0.15) is 0 Å². The Balaban J connectivity index is 1.98. The van der Waals surface area contributed by atoms with E-state index in [1.807, 2.05) is 0 Å². The van der Waals surface area contributed by atoms with Crippen molar-refractivity contribution in [1.82, 2.24) is 10.2 Å². The number of carbonyl (C=O) groups excluding carboxylic acids is 1. The van der Waals surface area contributed by atoms with Crippen molar-refractivity contribution >= 4 is 23.6 Å². The molecule has 0 bridgehead atoms. The Kier molecular flexibility index (Phi) is 4.88. The molecule has 2 rings (SSSR count). The fourth-order valence-electron chi connectivity index (χ4n) is 2.58. The number of hydrogen-bond acceptors (Lipinski definition) is 4. The second-order valence-corrected chi connectivity index (χ2v) is 6.01. The minimum absolute atomic E-state index is 0.0610. The van der Waals surface area contributed by atoms with Crippen LogP contribution in [0.15, 0.2) is 0 Å². The largest absolute Gasteiger partial charge is 0.481 e. The maximum Gasteiger partial charge on any atom is 0.305 e. The molecule has 2 N–H and O–H groups in total. The van der Waals surface area contributed by atoms with Crippen LogP contribution in [0.5, 0.6) is 0 Å². The van der Waals surface area contributed by atoms with Gasteiger partial charge in [-0.3, -0.25) is 9.59 Å². The Morgan fingerprint density at radius 3 is 2.89 bits per heavy atom. The molecule has 0 saturated carbocycles. The van der Waals surface area contributed by atoms with E-state index in [9.17, 15) is 9.59 Å². The Morgan fingerprint density at radius 1 is 1.39 bits per heavy atom. The Bertz CT molecular complexity index is 318. The minimum atomic E-state index is -0.822. The van der Waals surface area contributed by atoms with Crippen LogP contribution in [0.4, 0.5) is 0 Å². The molecule has 0 aromatic carbocycles. The Hall–Kier alpha value is -0.750. The third kappa shape index (κ3) is 3.38. The highest BCUT2D eigenvalue weighted by Crippen LogP contribution is 2.21. The minimum Gasteiger partial charge on any atom is -0.481 e. The van der Waals surface area contributed by atoms with E-state index in [1.165, 1.54) is 0 Å². The van der Waals surface area contributed by atoms with Gasteiger partial charge in [-0.05, 0) is 19.4 Å². The van der Waals surface area contributed by atoms with Crippen LogP contribution in [0.2, 0.25) is 0 Å². The molecular formula is C12H20N2O3S. The first-order valence-corrected chi connectivity index (χ1v) is 7.67. The monoisotopic (exact) mass is 272 g/mol. The van der Waals surface area contributed by atoms with E-state index in [0.29, 0.717) is 6.54 Å². The zero-order chi connectivity index (χ0) is 13.0. The van der Waals surface area contributed by atoms with Gasteiger partial charge in [0.15, 0.2) is 0 Å². The molecule has 0 spiro atoms. The molecule has 0 radical (unpaired) electrons. The molecule has 1 unspecified atom stereocenters. The van der Waals surface area contributed by atoms with Gasteiger partial charge in [-0.2, -0.15) is 11.8 Å². The summed E-state index contributed by atoms with van der Waals surface area (Å²) in [4.78, 5) is 25.0. The molecular weight excluding hydrogens is 252 g/mol. The molecule has 0 aliphatic carbocycles. The molecule has 6 heteroatoms. The number of carboxylic acids is 1. The van der Waals surface area contributed by atoms with E-state index in [0.717, 1.165) is 37.3 Å². The molecule has 2 fully saturated rings. The number of aliphatic carboxylic acids is 1. The van der Waals surface area contributed by atoms with E-state index in [2.05, 4.69) is 5.32 Å². The van der Waals surface area contributed by atoms with E-state index in [1.54, 1.807) is 16.7 Å². The number of carbonyl (C=O) groups is 2. The van der Waals surface area contributed by atoms with E-state index in [4.69, 9.17) is 5.11 Å². The van der Waals surface area contributed by atoms with Gasteiger partial charge in [0.25, 0.3) is 0 Å². The summed E-state index contributed by atoms with van der Waals surface area (Å²) in [6.07, 6.45) is 3.14. The van der Waals surface area contributed by atoms with Gasteiger partial charge in [0.2, 0.25) is 5.91 Å². The van der Waals surface area contributed by atoms with Gasteiger partial charge < -0.3 is 15.3 Å². The molecule has 102 valence electrons. The average molecular weight is 272 g/mol. The second kappa shape index (κ2) is 6.43. The maximum absolute atomic E-state index is 12.4. The summed E-state index contributed by atoms with van der Waals surface area (Å²) in [5.41, 5.74) is 0. The summed E-state index contributed by atoms with van der Waals surface area (Å²) < 4.78 is 0. The highest BCUT2D eigenvalue weighted by atomic mass is 32.2. The summed E-state index contributed by atoms with van der Waals surface area (Å²) in [5.74, 6) is 0.928. The van der Waals surface area contributed by atoms with Gasteiger partial charge in [0, 0.05) is 18.1 Å². The van der Waals surface area contributed by atoms with Crippen molar-refractivity contribution in [3.8, 4) is 0 Å². The maximum atomic E-state index is 12.4. The van der Waals surface area contributed by atoms with Crippen molar-refractivity contribution < 1.29 is 14.7 Å². The van der Waals surface area contributed by atoms with Crippen LogP contribution < -0.4 is 5.32 Å². The van der Waals surface area contributed by atoms with Gasteiger partial charge in [0.05, 0.1) is 18.5 Å². The zero-order valence-electron chi connectivity index (χ0n) is 10.4. The van der Waals surface area contributed by atoms with Gasteiger partial charge in [-0.15, -0.1) is 0 Å². The predicted molar refractivity (Wildman–Crippen MR) is 70.7 cm³/mol. The normalized spacial score (nSPS) is 29.0. The summed E-state index contributed by atoms with van der Waals surface area (Å²) in [5, 5.41) is 12.2. The predicted octanol–water partition coefficient (Wildman–Crippen LogP) is 0.547. The molecule has 1 amide bonds. The SMILES string of the molecule is O=C(O)CC1CSCCN1C(=O)[C@@H]1CCCCN1. The molecule has 5 nitrogen and oxygen atoms in total. The molecule has 18 heavy (non-hydrogen) atoms. The lowest BCUT2D eigenvalue weighted by Gasteiger charge is -2.38. The highest BCUT2D eigenvalue weighted by molar-refractivity contribution is 7.99. The number of piperidine rings is 1. The quantitative estimate of drug-likeness (QED) is 0.785. The zero-order valence-corrected chi connectivity index (χ0v) is 11.2. The van der Waals surface area contributed by atoms with E-state index in [-0.39, 0.29) is 24.4 Å². The molecule has 2 saturated heterocycles. The third-order valence-corrected chi connectivity index (χ3v) is 4.62. The van der Waals surface area contributed by atoms with Crippen molar-refractivity contribution in [2.45, 2.75) is 37.8 Å². The van der Waals surface area contributed by atoms with Crippen LogP contribution in [0, 0.1) is 0 Å². The summed E-state index contributed by atoms with van der Waals surface area (Å²) in [6.45, 7) is 1.57. The topological polar surface area (TPSA) is 69.6 Å². The number of rotatable bonds is 3. The highest BCUT2D eigenvalue weighted by Gasteiger charge is 2.33. The smallest absolute Gasteiger partial charge is 0.305 e. The molecule has 2 atom stereocenters. The van der Waals surface area contributed by atoms with Crippen LogP contribution >= 0.6 is 11.8 Å². The lowest BCUT2D eigenvalue weighted by Crippen LogP contribution is -2.55. The van der Waals surface area contributed by atoms with Crippen molar-refractivity contribution in [3.05, 3.63) is 0 Å².